The first kappa shape index (κ1) is 13.5. The SMILES string of the molecule is NCC(O)CC1CCCN(Cc2ccccc2)C1. The van der Waals surface area contributed by atoms with Crippen LogP contribution in [-0.2, 0) is 6.54 Å². The molecule has 1 aromatic rings. The van der Waals surface area contributed by atoms with Crippen LogP contribution in [0.25, 0.3) is 0 Å². The van der Waals surface area contributed by atoms with E-state index in [1.807, 2.05) is 0 Å². The van der Waals surface area contributed by atoms with E-state index in [0.29, 0.717) is 12.5 Å². The summed E-state index contributed by atoms with van der Waals surface area (Å²) in [5, 5.41) is 9.64. The van der Waals surface area contributed by atoms with Gasteiger partial charge in [-0.05, 0) is 37.3 Å². The number of hydrogen-bond donors (Lipinski definition) is 2. The van der Waals surface area contributed by atoms with Crippen molar-refractivity contribution in [2.24, 2.45) is 11.7 Å². The van der Waals surface area contributed by atoms with E-state index < -0.39 is 0 Å². The van der Waals surface area contributed by atoms with E-state index in [-0.39, 0.29) is 6.10 Å². The Balaban J connectivity index is 1.83. The van der Waals surface area contributed by atoms with Gasteiger partial charge in [0, 0.05) is 19.6 Å². The molecule has 1 fully saturated rings. The molecule has 0 radical (unpaired) electrons. The highest BCUT2D eigenvalue weighted by atomic mass is 16.3. The van der Waals surface area contributed by atoms with Gasteiger partial charge in [-0.15, -0.1) is 0 Å². The first-order valence-corrected chi connectivity index (χ1v) is 6.92. The maximum absolute atomic E-state index is 9.64. The molecule has 0 bridgehead atoms. The number of nitrogens with zero attached hydrogens (tertiary/aromatic N) is 1. The first-order valence-electron chi connectivity index (χ1n) is 6.92. The van der Waals surface area contributed by atoms with Crippen molar-refractivity contribution >= 4 is 0 Å². The number of likely N-dealkylation sites (tertiary alicyclic amines) is 1. The predicted molar refractivity (Wildman–Crippen MR) is 74.1 cm³/mol. The molecule has 3 N–H and O–H groups in total. The molecule has 1 aliphatic rings. The van der Waals surface area contributed by atoms with Crippen molar-refractivity contribution in [2.45, 2.75) is 31.9 Å². The van der Waals surface area contributed by atoms with Gasteiger partial charge in [0.25, 0.3) is 0 Å². The van der Waals surface area contributed by atoms with E-state index in [4.69, 9.17) is 5.73 Å². The number of benzene rings is 1. The molecule has 2 unspecified atom stereocenters. The van der Waals surface area contributed by atoms with Crippen LogP contribution in [0.3, 0.4) is 0 Å². The van der Waals surface area contributed by atoms with Crippen molar-refractivity contribution in [1.82, 2.24) is 4.90 Å². The lowest BCUT2D eigenvalue weighted by Crippen LogP contribution is -2.37. The maximum Gasteiger partial charge on any atom is 0.0665 e. The minimum atomic E-state index is -0.327. The van der Waals surface area contributed by atoms with Gasteiger partial charge >= 0.3 is 0 Å². The van der Waals surface area contributed by atoms with E-state index in [0.717, 1.165) is 19.5 Å². The Labute approximate surface area is 110 Å². The minimum Gasteiger partial charge on any atom is -0.392 e. The standard InChI is InChI=1S/C15H24N2O/c16-10-15(18)9-14-7-4-8-17(12-14)11-13-5-2-1-3-6-13/h1-3,5-6,14-15,18H,4,7-12,16H2. The van der Waals surface area contributed by atoms with Crippen molar-refractivity contribution in [3.05, 3.63) is 35.9 Å². The third kappa shape index (κ3) is 4.09. The number of piperidine rings is 1. The maximum atomic E-state index is 9.64. The fourth-order valence-corrected chi connectivity index (χ4v) is 2.81. The predicted octanol–water partition coefficient (Wildman–Crippen LogP) is 1.61. The molecule has 3 heteroatoms. The Morgan fingerprint density at radius 3 is 2.83 bits per heavy atom. The lowest BCUT2D eigenvalue weighted by Gasteiger charge is -2.33. The summed E-state index contributed by atoms with van der Waals surface area (Å²) in [5.74, 6) is 0.598. The van der Waals surface area contributed by atoms with Crippen molar-refractivity contribution in [3.8, 4) is 0 Å². The highest BCUT2D eigenvalue weighted by Crippen LogP contribution is 2.22. The molecule has 3 nitrogen and oxygen atoms in total. The van der Waals surface area contributed by atoms with Gasteiger partial charge < -0.3 is 10.8 Å². The van der Waals surface area contributed by atoms with Gasteiger partial charge in [0.05, 0.1) is 6.10 Å². The zero-order valence-corrected chi connectivity index (χ0v) is 11.0. The van der Waals surface area contributed by atoms with E-state index in [9.17, 15) is 5.11 Å². The van der Waals surface area contributed by atoms with E-state index in [1.165, 1.54) is 24.9 Å². The quantitative estimate of drug-likeness (QED) is 0.832. The molecule has 0 saturated carbocycles. The fraction of sp³-hybridized carbons (Fsp3) is 0.600. The molecule has 100 valence electrons. The van der Waals surface area contributed by atoms with Gasteiger partial charge in [-0.25, -0.2) is 0 Å². The summed E-state index contributed by atoms with van der Waals surface area (Å²) < 4.78 is 0. The summed E-state index contributed by atoms with van der Waals surface area (Å²) in [6.07, 6.45) is 2.98. The van der Waals surface area contributed by atoms with Crippen molar-refractivity contribution < 1.29 is 5.11 Å². The largest absolute Gasteiger partial charge is 0.392 e. The molecule has 1 heterocycles. The zero-order chi connectivity index (χ0) is 12.8. The zero-order valence-electron chi connectivity index (χ0n) is 11.0. The Kier molecular flexibility index (Phi) is 5.17. The Morgan fingerprint density at radius 2 is 2.11 bits per heavy atom. The Hall–Kier alpha value is -0.900. The monoisotopic (exact) mass is 248 g/mol. The number of aliphatic hydroxyl groups is 1. The molecule has 18 heavy (non-hydrogen) atoms. The lowest BCUT2D eigenvalue weighted by molar-refractivity contribution is 0.102. The van der Waals surface area contributed by atoms with Gasteiger partial charge in [0.1, 0.15) is 0 Å². The molecular formula is C15H24N2O. The van der Waals surface area contributed by atoms with Crippen molar-refractivity contribution in [2.75, 3.05) is 19.6 Å². The summed E-state index contributed by atoms with van der Waals surface area (Å²) in [4.78, 5) is 2.49. The third-order valence-corrected chi connectivity index (χ3v) is 3.73. The minimum absolute atomic E-state index is 0.327. The van der Waals surface area contributed by atoms with E-state index in [2.05, 4.69) is 35.2 Å². The summed E-state index contributed by atoms with van der Waals surface area (Å²) in [6.45, 7) is 3.67. The normalized spacial score (nSPS) is 22.9. The average Bonchev–Trinajstić information content (AvgIpc) is 2.40. The number of rotatable bonds is 5. The van der Waals surface area contributed by atoms with Gasteiger partial charge in [-0.3, -0.25) is 4.90 Å². The van der Waals surface area contributed by atoms with Crippen LogP contribution in [0.15, 0.2) is 30.3 Å². The highest BCUT2D eigenvalue weighted by molar-refractivity contribution is 5.14. The summed E-state index contributed by atoms with van der Waals surface area (Å²) in [5.41, 5.74) is 6.86. The third-order valence-electron chi connectivity index (χ3n) is 3.73. The van der Waals surface area contributed by atoms with Crippen LogP contribution in [-0.4, -0.2) is 35.7 Å². The molecule has 1 aliphatic heterocycles. The first-order chi connectivity index (χ1) is 8.78. The molecule has 2 atom stereocenters. The molecule has 0 aromatic heterocycles. The number of hydrogen-bond acceptors (Lipinski definition) is 3. The topological polar surface area (TPSA) is 49.5 Å². The average molecular weight is 248 g/mol. The van der Waals surface area contributed by atoms with Gasteiger partial charge in [-0.2, -0.15) is 0 Å². The summed E-state index contributed by atoms with van der Waals surface area (Å²) in [7, 11) is 0. The van der Waals surface area contributed by atoms with Gasteiger partial charge in [0.15, 0.2) is 0 Å². The van der Waals surface area contributed by atoms with Crippen LogP contribution < -0.4 is 5.73 Å². The van der Waals surface area contributed by atoms with E-state index >= 15 is 0 Å². The van der Waals surface area contributed by atoms with Crippen LogP contribution in [0, 0.1) is 5.92 Å². The van der Waals surface area contributed by atoms with Crippen LogP contribution in [0.2, 0.25) is 0 Å². The number of nitrogens with two attached hydrogens (primary N) is 1. The van der Waals surface area contributed by atoms with Gasteiger partial charge in [0.2, 0.25) is 0 Å². The highest BCUT2D eigenvalue weighted by Gasteiger charge is 2.21. The molecule has 2 rings (SSSR count). The molecule has 0 amide bonds. The van der Waals surface area contributed by atoms with Crippen LogP contribution in [0.4, 0.5) is 0 Å². The van der Waals surface area contributed by atoms with Crippen molar-refractivity contribution in [3.63, 3.8) is 0 Å². The Morgan fingerprint density at radius 1 is 1.33 bits per heavy atom. The molecular weight excluding hydrogens is 224 g/mol. The lowest BCUT2D eigenvalue weighted by atomic mass is 9.92. The van der Waals surface area contributed by atoms with Crippen LogP contribution in [0.1, 0.15) is 24.8 Å². The van der Waals surface area contributed by atoms with E-state index in [1.54, 1.807) is 0 Å². The number of aliphatic hydroxyl groups excluding tert-OH is 1. The molecule has 0 spiro atoms. The molecule has 1 aromatic carbocycles. The second-order valence-corrected chi connectivity index (χ2v) is 5.35. The second kappa shape index (κ2) is 6.88. The summed E-state index contributed by atoms with van der Waals surface area (Å²) >= 11 is 0. The second-order valence-electron chi connectivity index (χ2n) is 5.35. The van der Waals surface area contributed by atoms with Gasteiger partial charge in [-0.1, -0.05) is 30.3 Å². The molecule has 1 saturated heterocycles. The summed E-state index contributed by atoms with van der Waals surface area (Å²) in [6, 6.07) is 10.6. The van der Waals surface area contributed by atoms with Crippen molar-refractivity contribution in [1.29, 1.82) is 0 Å². The van der Waals surface area contributed by atoms with Crippen LogP contribution in [0.5, 0.6) is 0 Å². The smallest absolute Gasteiger partial charge is 0.0665 e. The van der Waals surface area contributed by atoms with Crippen LogP contribution >= 0.6 is 0 Å². The Bertz CT molecular complexity index is 342. The molecule has 0 aliphatic carbocycles. The fourth-order valence-electron chi connectivity index (χ4n) is 2.81.